The Kier molecular flexibility index (Phi) is 18.9. The summed E-state index contributed by atoms with van der Waals surface area (Å²) >= 11 is 0. The van der Waals surface area contributed by atoms with Gasteiger partial charge >= 0.3 is 36.1 Å². The molecule has 0 fully saturated rings. The van der Waals surface area contributed by atoms with E-state index in [0.717, 1.165) is 16.7 Å². The molecule has 0 unspecified atom stereocenters. The third-order valence-corrected chi connectivity index (χ3v) is 7.03. The lowest BCUT2D eigenvalue weighted by Crippen LogP contribution is -2.42. The molecule has 278 valence electrons. The molecule has 0 aliphatic rings. The SMILES string of the molecule is O=C(CCCNCCN(CCNC(=O)OCOC(=O)Cc1ccccc1)C(=O)OCOC(=O)Cc1ccccc1)OCOC(=O)Cc1ccccc1. The molecule has 0 saturated heterocycles. The minimum Gasteiger partial charge on any atom is -0.428 e. The molecule has 0 atom stereocenters. The summed E-state index contributed by atoms with van der Waals surface area (Å²) in [6.07, 6.45) is -1.10. The summed E-state index contributed by atoms with van der Waals surface area (Å²) in [6.45, 7) is -0.897. The highest BCUT2D eigenvalue weighted by molar-refractivity contribution is 5.74. The Balaban J connectivity index is 1.33. The van der Waals surface area contributed by atoms with Crippen LogP contribution in [0, 0.1) is 0 Å². The van der Waals surface area contributed by atoms with E-state index in [0.29, 0.717) is 13.0 Å². The van der Waals surface area contributed by atoms with Gasteiger partial charge in [0.1, 0.15) is 0 Å². The number of nitrogens with one attached hydrogen (secondary N) is 2. The third-order valence-electron chi connectivity index (χ3n) is 7.03. The molecule has 0 bridgehead atoms. The van der Waals surface area contributed by atoms with Crippen molar-refractivity contribution < 1.29 is 57.2 Å². The van der Waals surface area contributed by atoms with E-state index in [1.165, 1.54) is 4.90 Å². The monoisotopic (exact) mass is 721 g/mol. The normalized spacial score (nSPS) is 10.3. The Bertz CT molecular complexity index is 1540. The van der Waals surface area contributed by atoms with Gasteiger partial charge in [0.15, 0.2) is 0 Å². The maximum atomic E-state index is 12.8. The minimum atomic E-state index is -0.869. The van der Waals surface area contributed by atoms with Gasteiger partial charge in [0, 0.05) is 32.6 Å². The quantitative estimate of drug-likeness (QED) is 0.0667. The van der Waals surface area contributed by atoms with Crippen LogP contribution < -0.4 is 10.6 Å². The van der Waals surface area contributed by atoms with Crippen LogP contribution in [-0.4, -0.2) is 94.1 Å². The minimum absolute atomic E-state index is 0.00329. The summed E-state index contributed by atoms with van der Waals surface area (Å²) in [5, 5.41) is 5.56. The molecule has 0 saturated carbocycles. The number of alkyl carbamates (subject to hydrolysis) is 1. The number of ether oxygens (including phenoxy) is 6. The molecule has 0 heterocycles. The fourth-order valence-corrected chi connectivity index (χ4v) is 4.39. The van der Waals surface area contributed by atoms with E-state index in [9.17, 15) is 28.8 Å². The van der Waals surface area contributed by atoms with Crippen molar-refractivity contribution in [1.29, 1.82) is 0 Å². The summed E-state index contributed by atoms with van der Waals surface area (Å²) in [7, 11) is 0. The summed E-state index contributed by atoms with van der Waals surface area (Å²) in [4.78, 5) is 74.1. The second-order valence-electron chi connectivity index (χ2n) is 11.0. The van der Waals surface area contributed by atoms with E-state index < -0.39 is 56.4 Å². The molecule has 15 heteroatoms. The second-order valence-corrected chi connectivity index (χ2v) is 11.0. The molecule has 3 aromatic rings. The Hall–Kier alpha value is -5.96. The van der Waals surface area contributed by atoms with Crippen LogP contribution in [0.15, 0.2) is 91.0 Å². The lowest BCUT2D eigenvalue weighted by Gasteiger charge is -2.22. The molecule has 0 aromatic heterocycles. The van der Waals surface area contributed by atoms with Crippen molar-refractivity contribution >= 4 is 36.1 Å². The zero-order chi connectivity index (χ0) is 37.2. The van der Waals surface area contributed by atoms with Crippen molar-refractivity contribution in [2.45, 2.75) is 32.1 Å². The van der Waals surface area contributed by atoms with E-state index in [-0.39, 0.29) is 51.9 Å². The fourth-order valence-electron chi connectivity index (χ4n) is 4.39. The first kappa shape index (κ1) is 40.5. The Labute approximate surface area is 301 Å². The predicted octanol–water partition coefficient (Wildman–Crippen LogP) is 3.29. The average Bonchev–Trinajstić information content (AvgIpc) is 3.13. The summed E-state index contributed by atoms with van der Waals surface area (Å²) in [6, 6.07) is 26.9. The van der Waals surface area contributed by atoms with Crippen molar-refractivity contribution in [2.24, 2.45) is 0 Å². The van der Waals surface area contributed by atoms with Gasteiger partial charge in [-0.25, -0.2) is 9.59 Å². The molecule has 0 aliphatic carbocycles. The van der Waals surface area contributed by atoms with Gasteiger partial charge < -0.3 is 44.0 Å². The van der Waals surface area contributed by atoms with Crippen LogP contribution in [0.25, 0.3) is 0 Å². The molecule has 15 nitrogen and oxygen atoms in total. The number of esters is 4. The van der Waals surface area contributed by atoms with E-state index in [4.69, 9.17) is 28.4 Å². The number of benzene rings is 3. The van der Waals surface area contributed by atoms with Crippen LogP contribution in [0.4, 0.5) is 9.59 Å². The topological polar surface area (TPSA) is 185 Å². The van der Waals surface area contributed by atoms with Gasteiger partial charge in [-0.2, -0.15) is 0 Å². The van der Waals surface area contributed by atoms with Gasteiger partial charge in [-0.1, -0.05) is 91.0 Å². The van der Waals surface area contributed by atoms with Gasteiger partial charge in [0.2, 0.25) is 20.4 Å². The maximum absolute atomic E-state index is 12.8. The highest BCUT2D eigenvalue weighted by atomic mass is 16.7. The number of carbonyl (C=O) groups excluding carboxylic acids is 6. The molecule has 3 rings (SSSR count). The smallest absolute Gasteiger partial charge is 0.412 e. The van der Waals surface area contributed by atoms with Crippen molar-refractivity contribution in [3.05, 3.63) is 108 Å². The van der Waals surface area contributed by atoms with E-state index in [2.05, 4.69) is 10.6 Å². The van der Waals surface area contributed by atoms with Crippen LogP contribution in [0.3, 0.4) is 0 Å². The molecule has 0 radical (unpaired) electrons. The number of hydrogen-bond acceptors (Lipinski definition) is 13. The van der Waals surface area contributed by atoms with Gasteiger partial charge in [-0.05, 0) is 29.7 Å². The maximum Gasteiger partial charge on any atom is 0.412 e. The van der Waals surface area contributed by atoms with Gasteiger partial charge in [-0.3, -0.25) is 19.2 Å². The Morgan fingerprint density at radius 1 is 0.481 bits per heavy atom. The van der Waals surface area contributed by atoms with Crippen molar-refractivity contribution in [2.75, 3.05) is 53.1 Å². The first-order valence-electron chi connectivity index (χ1n) is 16.6. The first-order valence-corrected chi connectivity index (χ1v) is 16.6. The Morgan fingerprint density at radius 3 is 1.40 bits per heavy atom. The third kappa shape index (κ3) is 18.2. The van der Waals surface area contributed by atoms with Crippen LogP contribution in [-0.2, 0) is 66.9 Å². The highest BCUT2D eigenvalue weighted by Crippen LogP contribution is 2.04. The molecule has 0 aliphatic heterocycles. The van der Waals surface area contributed by atoms with E-state index >= 15 is 0 Å². The van der Waals surface area contributed by atoms with E-state index in [1.807, 2.05) is 30.3 Å². The summed E-state index contributed by atoms with van der Waals surface area (Å²) in [5.41, 5.74) is 2.28. The lowest BCUT2D eigenvalue weighted by molar-refractivity contribution is -0.167. The number of amides is 2. The number of carbonyl (C=O) groups is 6. The number of rotatable bonds is 22. The molecule has 52 heavy (non-hydrogen) atoms. The summed E-state index contributed by atoms with van der Waals surface area (Å²) in [5.74, 6) is -2.20. The molecule has 2 N–H and O–H groups in total. The van der Waals surface area contributed by atoms with Crippen molar-refractivity contribution in [1.82, 2.24) is 15.5 Å². The van der Waals surface area contributed by atoms with Gasteiger partial charge in [-0.15, -0.1) is 0 Å². The standard InChI is InChI=1S/C37H43N3O12/c41-32(47-26-48-33(42)23-29-11-4-1-5-12-29)17-10-18-38-19-21-40(37(46)52-28-50-35(44)25-31-15-8-3-9-16-31)22-20-39-36(45)51-27-49-34(43)24-30-13-6-2-7-14-30/h1-9,11-16,38H,10,17-28H2,(H,39,45). The van der Waals surface area contributed by atoms with Crippen molar-refractivity contribution in [3.8, 4) is 0 Å². The van der Waals surface area contributed by atoms with Crippen LogP contribution >= 0.6 is 0 Å². The fraction of sp³-hybridized carbons (Fsp3) is 0.351. The average molecular weight is 722 g/mol. The lowest BCUT2D eigenvalue weighted by atomic mass is 10.2. The number of hydrogen-bond donors (Lipinski definition) is 2. The predicted molar refractivity (Wildman–Crippen MR) is 184 cm³/mol. The largest absolute Gasteiger partial charge is 0.428 e. The molecule has 2 amide bonds. The molecular weight excluding hydrogens is 678 g/mol. The zero-order valence-electron chi connectivity index (χ0n) is 28.7. The van der Waals surface area contributed by atoms with Gasteiger partial charge in [0.25, 0.3) is 0 Å². The summed E-state index contributed by atoms with van der Waals surface area (Å²) < 4.78 is 29.9. The van der Waals surface area contributed by atoms with Crippen LogP contribution in [0.1, 0.15) is 29.5 Å². The highest BCUT2D eigenvalue weighted by Gasteiger charge is 2.17. The zero-order valence-corrected chi connectivity index (χ0v) is 28.7. The first-order chi connectivity index (χ1) is 25.3. The van der Waals surface area contributed by atoms with Crippen LogP contribution in [0.5, 0.6) is 0 Å². The molecule has 0 spiro atoms. The van der Waals surface area contributed by atoms with Crippen molar-refractivity contribution in [3.63, 3.8) is 0 Å². The Morgan fingerprint density at radius 2 is 0.904 bits per heavy atom. The molecular formula is C37H43N3O12. The van der Waals surface area contributed by atoms with E-state index in [1.54, 1.807) is 60.7 Å². The second kappa shape index (κ2) is 24.2. The van der Waals surface area contributed by atoms with Crippen LogP contribution in [0.2, 0.25) is 0 Å². The number of nitrogens with zero attached hydrogens (tertiary/aromatic N) is 1. The van der Waals surface area contributed by atoms with Gasteiger partial charge in [0.05, 0.1) is 19.3 Å². The molecule has 3 aromatic carbocycles.